The molecule has 148 valence electrons. The van der Waals surface area contributed by atoms with E-state index in [0.717, 1.165) is 41.5 Å². The van der Waals surface area contributed by atoms with Crippen LogP contribution in [0.25, 0.3) is 11.3 Å². The van der Waals surface area contributed by atoms with Crippen molar-refractivity contribution in [2.75, 3.05) is 12.3 Å². The lowest BCUT2D eigenvalue weighted by Gasteiger charge is -2.07. The van der Waals surface area contributed by atoms with Gasteiger partial charge in [0.05, 0.1) is 18.0 Å². The lowest BCUT2D eigenvalue weighted by atomic mass is 10.1. The highest BCUT2D eigenvalue weighted by Crippen LogP contribution is 2.24. The molecule has 28 heavy (non-hydrogen) atoms. The maximum atomic E-state index is 5.90. The molecule has 0 saturated carbocycles. The Morgan fingerprint density at radius 3 is 2.50 bits per heavy atom. The minimum Gasteiger partial charge on any atom is -0.494 e. The van der Waals surface area contributed by atoms with E-state index in [9.17, 15) is 0 Å². The molecule has 5 heteroatoms. The Bertz CT molecular complexity index is 860. The Labute approximate surface area is 166 Å². The van der Waals surface area contributed by atoms with Crippen molar-refractivity contribution >= 4 is 5.69 Å². The van der Waals surface area contributed by atoms with Crippen LogP contribution in [-0.2, 0) is 6.61 Å². The van der Waals surface area contributed by atoms with Crippen LogP contribution in [0.15, 0.2) is 54.6 Å². The first kappa shape index (κ1) is 19.8. The van der Waals surface area contributed by atoms with Gasteiger partial charge in [-0.15, -0.1) is 0 Å². The van der Waals surface area contributed by atoms with Crippen LogP contribution >= 0.6 is 0 Å². The number of nitrogens with one attached hydrogen (secondary N) is 1. The maximum absolute atomic E-state index is 5.90. The molecule has 0 unspecified atom stereocenters. The van der Waals surface area contributed by atoms with E-state index in [1.54, 1.807) is 6.07 Å². The molecule has 0 bridgehead atoms. The second-order valence-corrected chi connectivity index (χ2v) is 6.93. The van der Waals surface area contributed by atoms with E-state index in [1.807, 2.05) is 48.5 Å². The smallest absolute Gasteiger partial charge is 0.130 e. The quantitative estimate of drug-likeness (QED) is 0.336. The van der Waals surface area contributed by atoms with Crippen LogP contribution in [0.4, 0.5) is 5.69 Å². The van der Waals surface area contributed by atoms with Crippen LogP contribution in [0.1, 0.15) is 44.7 Å². The second kappa shape index (κ2) is 10.4. The number of nitrogens with two attached hydrogens (primary N) is 1. The van der Waals surface area contributed by atoms with Gasteiger partial charge in [-0.25, -0.2) is 0 Å². The van der Waals surface area contributed by atoms with E-state index in [0.29, 0.717) is 12.3 Å². The SMILES string of the molecule is CCCCCCCOc1cccc(-c2cc(COc3cccc(N)c3)[nH]n2)c1. The van der Waals surface area contributed by atoms with Gasteiger partial charge >= 0.3 is 0 Å². The third-order valence-electron chi connectivity index (χ3n) is 4.53. The average Bonchev–Trinajstić information content (AvgIpc) is 3.19. The first-order valence-corrected chi connectivity index (χ1v) is 10.0. The summed E-state index contributed by atoms with van der Waals surface area (Å²) in [5, 5.41) is 7.44. The number of ether oxygens (including phenoxy) is 2. The van der Waals surface area contributed by atoms with E-state index >= 15 is 0 Å². The summed E-state index contributed by atoms with van der Waals surface area (Å²) in [7, 11) is 0. The van der Waals surface area contributed by atoms with Crippen molar-refractivity contribution in [1.29, 1.82) is 0 Å². The minimum absolute atomic E-state index is 0.407. The standard InChI is InChI=1S/C23H29N3O2/c1-2-3-4-5-6-13-27-21-11-7-9-18(14-21)23-16-20(25-26-23)17-28-22-12-8-10-19(24)15-22/h7-12,14-16H,2-6,13,17,24H2,1H3,(H,25,26). The normalized spacial score (nSPS) is 10.8. The molecule has 0 aliphatic rings. The molecule has 3 rings (SSSR count). The molecule has 5 nitrogen and oxygen atoms in total. The number of nitrogen functional groups attached to an aromatic ring is 1. The molecule has 0 saturated heterocycles. The van der Waals surface area contributed by atoms with Crippen LogP contribution < -0.4 is 15.2 Å². The number of rotatable bonds is 11. The molecule has 0 aliphatic carbocycles. The number of aromatic amines is 1. The van der Waals surface area contributed by atoms with Gasteiger partial charge in [0, 0.05) is 17.3 Å². The molecule has 0 fully saturated rings. The number of hydrogen-bond donors (Lipinski definition) is 2. The van der Waals surface area contributed by atoms with Crippen LogP contribution in [0.5, 0.6) is 11.5 Å². The predicted octanol–water partition coefficient (Wildman–Crippen LogP) is 5.59. The van der Waals surface area contributed by atoms with E-state index in [4.69, 9.17) is 15.2 Å². The highest BCUT2D eigenvalue weighted by Gasteiger charge is 2.06. The zero-order valence-corrected chi connectivity index (χ0v) is 16.5. The molecule has 0 spiro atoms. The highest BCUT2D eigenvalue weighted by molar-refractivity contribution is 5.61. The van der Waals surface area contributed by atoms with Crippen LogP contribution in [0.3, 0.4) is 0 Å². The van der Waals surface area contributed by atoms with Crippen molar-refractivity contribution in [3.05, 3.63) is 60.3 Å². The molecule has 3 N–H and O–H groups in total. The molecular weight excluding hydrogens is 350 g/mol. The number of anilines is 1. The summed E-state index contributed by atoms with van der Waals surface area (Å²) in [5.41, 5.74) is 9.26. The third kappa shape index (κ3) is 6.05. The summed E-state index contributed by atoms with van der Waals surface area (Å²) < 4.78 is 11.7. The van der Waals surface area contributed by atoms with Crippen LogP contribution in [-0.4, -0.2) is 16.8 Å². The fourth-order valence-corrected chi connectivity index (χ4v) is 2.99. The van der Waals surface area contributed by atoms with Gasteiger partial charge in [0.1, 0.15) is 18.1 Å². The molecular formula is C23H29N3O2. The summed E-state index contributed by atoms with van der Waals surface area (Å²) in [6.07, 6.45) is 6.17. The largest absolute Gasteiger partial charge is 0.494 e. The molecule has 2 aromatic carbocycles. The first-order valence-electron chi connectivity index (χ1n) is 10.0. The van der Waals surface area contributed by atoms with Gasteiger partial charge in [0.25, 0.3) is 0 Å². The zero-order chi connectivity index (χ0) is 19.6. The van der Waals surface area contributed by atoms with E-state index in [1.165, 1.54) is 25.7 Å². The molecule has 1 heterocycles. The monoisotopic (exact) mass is 379 g/mol. The summed E-state index contributed by atoms with van der Waals surface area (Å²) in [4.78, 5) is 0. The second-order valence-electron chi connectivity index (χ2n) is 6.93. The number of nitrogens with zero attached hydrogens (tertiary/aromatic N) is 1. The van der Waals surface area contributed by atoms with Gasteiger partial charge in [-0.2, -0.15) is 5.10 Å². The number of benzene rings is 2. The number of hydrogen-bond acceptors (Lipinski definition) is 4. The third-order valence-corrected chi connectivity index (χ3v) is 4.53. The summed E-state index contributed by atoms with van der Waals surface area (Å²) in [6.45, 7) is 3.39. The first-order chi connectivity index (χ1) is 13.7. The molecule has 0 radical (unpaired) electrons. The fourth-order valence-electron chi connectivity index (χ4n) is 2.99. The summed E-state index contributed by atoms with van der Waals surface area (Å²) >= 11 is 0. The Morgan fingerprint density at radius 2 is 1.68 bits per heavy atom. The molecule has 1 aromatic heterocycles. The van der Waals surface area contributed by atoms with E-state index in [2.05, 4.69) is 17.1 Å². The molecule has 3 aromatic rings. The van der Waals surface area contributed by atoms with Gasteiger partial charge in [-0.05, 0) is 36.8 Å². The van der Waals surface area contributed by atoms with Crippen LogP contribution in [0, 0.1) is 0 Å². The van der Waals surface area contributed by atoms with Crippen molar-refractivity contribution in [2.45, 2.75) is 45.6 Å². The van der Waals surface area contributed by atoms with Crippen LogP contribution in [0.2, 0.25) is 0 Å². The van der Waals surface area contributed by atoms with Gasteiger partial charge in [0.15, 0.2) is 0 Å². The van der Waals surface area contributed by atoms with Gasteiger partial charge < -0.3 is 15.2 Å². The molecule has 0 aliphatic heterocycles. The lowest BCUT2D eigenvalue weighted by molar-refractivity contribution is 0.301. The van der Waals surface area contributed by atoms with E-state index in [-0.39, 0.29) is 0 Å². The number of aromatic nitrogens is 2. The molecule has 0 amide bonds. The fraction of sp³-hybridized carbons (Fsp3) is 0.348. The minimum atomic E-state index is 0.407. The number of unbranched alkanes of at least 4 members (excludes halogenated alkanes) is 4. The predicted molar refractivity (Wildman–Crippen MR) is 113 cm³/mol. The number of H-pyrrole nitrogens is 1. The Balaban J connectivity index is 1.52. The van der Waals surface area contributed by atoms with Gasteiger partial charge in [0.2, 0.25) is 0 Å². The van der Waals surface area contributed by atoms with E-state index < -0.39 is 0 Å². The average molecular weight is 380 g/mol. The van der Waals surface area contributed by atoms with Crippen molar-refractivity contribution in [1.82, 2.24) is 10.2 Å². The van der Waals surface area contributed by atoms with Gasteiger partial charge in [-0.3, -0.25) is 5.10 Å². The summed E-state index contributed by atoms with van der Waals surface area (Å²) in [6, 6.07) is 17.5. The van der Waals surface area contributed by atoms with Crippen molar-refractivity contribution < 1.29 is 9.47 Å². The van der Waals surface area contributed by atoms with Crippen molar-refractivity contribution in [3.63, 3.8) is 0 Å². The Hall–Kier alpha value is -2.95. The lowest BCUT2D eigenvalue weighted by Crippen LogP contribution is -1.97. The highest BCUT2D eigenvalue weighted by atomic mass is 16.5. The van der Waals surface area contributed by atoms with Crippen molar-refractivity contribution in [3.8, 4) is 22.8 Å². The maximum Gasteiger partial charge on any atom is 0.130 e. The summed E-state index contributed by atoms with van der Waals surface area (Å²) in [5.74, 6) is 1.62. The Kier molecular flexibility index (Phi) is 7.36. The molecule has 0 atom stereocenters. The topological polar surface area (TPSA) is 73.2 Å². The van der Waals surface area contributed by atoms with Gasteiger partial charge in [-0.1, -0.05) is 50.8 Å². The zero-order valence-electron chi connectivity index (χ0n) is 16.5. The van der Waals surface area contributed by atoms with Crippen molar-refractivity contribution in [2.24, 2.45) is 0 Å². The Morgan fingerprint density at radius 1 is 0.893 bits per heavy atom.